The number of carbonyl (C=O) groups excluding carboxylic acids is 4. The van der Waals surface area contributed by atoms with Crippen LogP contribution in [0.15, 0.2) is 36.4 Å². The van der Waals surface area contributed by atoms with Crippen molar-refractivity contribution < 1.29 is 19.2 Å². The summed E-state index contributed by atoms with van der Waals surface area (Å²) in [7, 11) is 0. The van der Waals surface area contributed by atoms with Crippen LogP contribution in [0.3, 0.4) is 0 Å². The maximum Gasteiger partial charge on any atom is 0.261 e. The molecule has 0 bridgehead atoms. The van der Waals surface area contributed by atoms with E-state index in [4.69, 9.17) is 0 Å². The molecule has 5 aromatic rings. The minimum Gasteiger partial charge on any atom is -0.272 e. The van der Waals surface area contributed by atoms with Crippen LogP contribution in [0.5, 0.6) is 0 Å². The fraction of sp³-hybridized carbons (Fsp3) is 0.350. The lowest BCUT2D eigenvalue weighted by atomic mass is 9.79. The quantitative estimate of drug-likeness (QED) is 0.0655. The third-order valence-electron chi connectivity index (χ3n) is 10.5. The molecule has 0 N–H and O–H groups in total. The van der Waals surface area contributed by atoms with Crippen molar-refractivity contribution in [2.45, 2.75) is 91.1 Å². The second kappa shape index (κ2) is 11.7. The number of imide groups is 2. The van der Waals surface area contributed by atoms with E-state index >= 15 is 0 Å². The predicted molar refractivity (Wildman–Crippen MR) is 185 cm³/mol. The van der Waals surface area contributed by atoms with Crippen LogP contribution in [-0.2, 0) is 0 Å². The molecular weight excluding hydrogens is 600 g/mol. The van der Waals surface area contributed by atoms with Gasteiger partial charge in [-0.2, -0.15) is 10.5 Å². The average molecular weight is 637 g/mol. The molecular formula is C40H36N4O4. The van der Waals surface area contributed by atoms with Crippen LogP contribution in [0.2, 0.25) is 0 Å². The topological polar surface area (TPSA) is 122 Å². The third kappa shape index (κ3) is 4.25. The molecule has 240 valence electrons. The normalized spacial score (nSPS) is 15.6. The summed E-state index contributed by atoms with van der Waals surface area (Å²) in [6.45, 7) is 7.98. The van der Waals surface area contributed by atoms with E-state index in [1.165, 1.54) is 9.80 Å². The second-order valence-corrected chi connectivity index (χ2v) is 13.4. The van der Waals surface area contributed by atoms with Crippen LogP contribution in [0.25, 0.3) is 43.1 Å². The summed E-state index contributed by atoms with van der Waals surface area (Å²) in [5.41, 5.74) is 1.83. The van der Waals surface area contributed by atoms with E-state index in [1.54, 1.807) is 36.4 Å². The van der Waals surface area contributed by atoms with Gasteiger partial charge in [-0.25, -0.2) is 0 Å². The van der Waals surface area contributed by atoms with Crippen molar-refractivity contribution in [2.75, 3.05) is 0 Å². The van der Waals surface area contributed by atoms with E-state index in [9.17, 15) is 29.7 Å². The van der Waals surface area contributed by atoms with Crippen molar-refractivity contribution in [1.82, 2.24) is 9.80 Å². The number of amides is 4. The molecule has 4 amide bonds. The van der Waals surface area contributed by atoms with Crippen LogP contribution in [0, 0.1) is 22.7 Å². The van der Waals surface area contributed by atoms with Crippen LogP contribution in [0.4, 0.5) is 0 Å². The van der Waals surface area contributed by atoms with Gasteiger partial charge < -0.3 is 0 Å². The first-order valence-corrected chi connectivity index (χ1v) is 17.0. The number of hydrogen-bond acceptors (Lipinski definition) is 6. The van der Waals surface area contributed by atoms with E-state index in [-0.39, 0.29) is 46.2 Å². The molecule has 0 saturated heterocycles. The molecule has 48 heavy (non-hydrogen) atoms. The van der Waals surface area contributed by atoms with Crippen LogP contribution in [0.1, 0.15) is 132 Å². The molecule has 2 aliphatic heterocycles. The van der Waals surface area contributed by atoms with E-state index < -0.39 is 11.8 Å². The van der Waals surface area contributed by atoms with Gasteiger partial charge >= 0.3 is 0 Å². The molecule has 8 heteroatoms. The van der Waals surface area contributed by atoms with Crippen LogP contribution >= 0.6 is 0 Å². The maximum absolute atomic E-state index is 14.1. The summed E-state index contributed by atoms with van der Waals surface area (Å²) in [6.07, 6.45) is 7.19. The minimum absolute atomic E-state index is 0.252. The Balaban J connectivity index is 1.52. The zero-order valence-electron chi connectivity index (χ0n) is 27.7. The largest absolute Gasteiger partial charge is 0.272 e. The van der Waals surface area contributed by atoms with Gasteiger partial charge in [0.05, 0.1) is 34.4 Å². The minimum atomic E-state index is -0.433. The summed E-state index contributed by atoms with van der Waals surface area (Å²) < 4.78 is 0. The monoisotopic (exact) mass is 636 g/mol. The summed E-state index contributed by atoms with van der Waals surface area (Å²) in [4.78, 5) is 58.8. The Morgan fingerprint density at radius 2 is 0.917 bits per heavy atom. The van der Waals surface area contributed by atoms with Gasteiger partial charge in [0, 0.05) is 55.5 Å². The Morgan fingerprint density at radius 3 is 1.27 bits per heavy atom. The number of nitriles is 2. The van der Waals surface area contributed by atoms with E-state index in [1.807, 2.05) is 13.8 Å². The summed E-state index contributed by atoms with van der Waals surface area (Å²) in [5.74, 6) is -1.62. The summed E-state index contributed by atoms with van der Waals surface area (Å²) in [6, 6.07) is 14.1. The summed E-state index contributed by atoms with van der Waals surface area (Å²) >= 11 is 0. The van der Waals surface area contributed by atoms with E-state index in [0.717, 1.165) is 38.5 Å². The number of fused-ring (bicyclic) bond motifs is 2. The molecule has 0 aromatic heterocycles. The molecule has 0 radical (unpaired) electrons. The van der Waals surface area contributed by atoms with Crippen molar-refractivity contribution in [2.24, 2.45) is 0 Å². The zero-order valence-corrected chi connectivity index (χ0v) is 27.7. The fourth-order valence-electron chi connectivity index (χ4n) is 8.12. The highest BCUT2D eigenvalue weighted by Gasteiger charge is 2.40. The molecule has 7 rings (SSSR count). The Bertz CT molecular complexity index is 2160. The molecule has 0 fully saturated rings. The highest BCUT2D eigenvalue weighted by molar-refractivity contribution is 6.42. The average Bonchev–Trinajstić information content (AvgIpc) is 3.08. The van der Waals surface area contributed by atoms with Gasteiger partial charge in [0.25, 0.3) is 23.6 Å². The van der Waals surface area contributed by atoms with Crippen LogP contribution in [-0.4, -0.2) is 45.5 Å². The smallest absolute Gasteiger partial charge is 0.261 e. The number of hydrogen-bond donors (Lipinski definition) is 0. The van der Waals surface area contributed by atoms with Gasteiger partial charge in [0.15, 0.2) is 0 Å². The molecule has 8 nitrogen and oxygen atoms in total. The second-order valence-electron chi connectivity index (χ2n) is 13.4. The number of rotatable bonds is 10. The predicted octanol–water partition coefficient (Wildman–Crippen LogP) is 8.61. The first-order chi connectivity index (χ1) is 23.2. The number of unbranched alkanes of at least 4 members (excludes halogenated alkanes) is 4. The van der Waals surface area contributed by atoms with Crippen molar-refractivity contribution in [1.29, 1.82) is 10.5 Å². The van der Waals surface area contributed by atoms with E-state index in [2.05, 4.69) is 26.0 Å². The van der Waals surface area contributed by atoms with Crippen molar-refractivity contribution >= 4 is 66.7 Å². The highest BCUT2D eigenvalue weighted by atomic mass is 16.2. The standard InChI is InChI=1S/C40H36N4O4/c1-5-7-9-11-21(3)43-37(45)27-15-13-25-32-24(20-42)18-30-34-28(38(46)44(40(30)48)22(4)12-10-8-6-2)16-14-26(36(32)34)31-23(19-41)17-29(39(43)47)33(27)35(25)31/h13-18,21-22H,5-12H2,1-4H3. The Kier molecular flexibility index (Phi) is 7.63. The SMILES string of the molecule is CCCCCC(C)N1C(=O)c2ccc3c4c(C#N)cc5c6c(ccc(c7c(C#N)cc(c2c37)C1=O)c64)C(=O)N(C(C)CCCCC)C5=O. The Labute approximate surface area is 278 Å². The van der Waals surface area contributed by atoms with Gasteiger partial charge in [-0.05, 0) is 61.7 Å². The van der Waals surface area contributed by atoms with Crippen molar-refractivity contribution in [3.8, 4) is 12.1 Å². The lowest BCUT2D eigenvalue weighted by Crippen LogP contribution is -2.46. The number of benzene rings is 5. The fourth-order valence-corrected chi connectivity index (χ4v) is 8.12. The zero-order chi connectivity index (χ0) is 34.0. The summed E-state index contributed by atoms with van der Waals surface area (Å²) in [5, 5.41) is 25.4. The lowest BCUT2D eigenvalue weighted by Gasteiger charge is -2.34. The Hall–Kier alpha value is -5.34. The molecule has 2 atom stereocenters. The number of carbonyl (C=O) groups is 4. The lowest BCUT2D eigenvalue weighted by molar-refractivity contribution is 0.0526. The molecule has 2 aliphatic rings. The first kappa shape index (κ1) is 31.3. The van der Waals surface area contributed by atoms with Gasteiger partial charge in [-0.1, -0.05) is 64.5 Å². The Morgan fingerprint density at radius 1 is 0.542 bits per heavy atom. The molecule has 0 spiro atoms. The molecule has 0 saturated carbocycles. The van der Waals surface area contributed by atoms with E-state index in [0.29, 0.717) is 67.1 Å². The van der Waals surface area contributed by atoms with Gasteiger partial charge in [-0.3, -0.25) is 29.0 Å². The van der Waals surface area contributed by atoms with Crippen molar-refractivity contribution in [3.05, 3.63) is 69.8 Å². The number of nitrogens with zero attached hydrogens (tertiary/aromatic N) is 4. The highest BCUT2D eigenvalue weighted by Crippen LogP contribution is 2.48. The van der Waals surface area contributed by atoms with Gasteiger partial charge in [-0.15, -0.1) is 0 Å². The molecule has 5 aromatic carbocycles. The van der Waals surface area contributed by atoms with Gasteiger partial charge in [0.1, 0.15) is 0 Å². The molecule has 2 unspecified atom stereocenters. The van der Waals surface area contributed by atoms with Crippen molar-refractivity contribution in [3.63, 3.8) is 0 Å². The van der Waals surface area contributed by atoms with Gasteiger partial charge in [0.2, 0.25) is 0 Å². The molecule has 0 aliphatic carbocycles. The molecule has 2 heterocycles. The van der Waals surface area contributed by atoms with Crippen LogP contribution < -0.4 is 0 Å². The third-order valence-corrected chi connectivity index (χ3v) is 10.5. The maximum atomic E-state index is 14.1. The first-order valence-electron chi connectivity index (χ1n) is 17.0.